The van der Waals surface area contributed by atoms with E-state index in [9.17, 15) is 0 Å². The first-order valence-electron chi connectivity index (χ1n) is 3.77. The standard InChI is InChI=1S/C9H9NOS2/c1-11-8-4-5-6(10)2-3-7(12)9(5)13-8/h2-4,12H,10H2,1H3. The minimum Gasteiger partial charge on any atom is -0.487 e. The molecule has 0 radical (unpaired) electrons. The number of nitrogens with two attached hydrogens (primary N) is 1. The molecule has 0 bridgehead atoms. The van der Waals surface area contributed by atoms with Gasteiger partial charge >= 0.3 is 0 Å². The molecular formula is C9H9NOS2. The summed E-state index contributed by atoms with van der Waals surface area (Å²) >= 11 is 5.91. The van der Waals surface area contributed by atoms with Crippen molar-refractivity contribution in [2.75, 3.05) is 12.8 Å². The van der Waals surface area contributed by atoms with Crippen LogP contribution in [0.5, 0.6) is 5.06 Å². The van der Waals surface area contributed by atoms with Crippen LogP contribution >= 0.6 is 24.0 Å². The Morgan fingerprint density at radius 2 is 2.23 bits per heavy atom. The number of fused-ring (bicyclic) bond motifs is 1. The minimum absolute atomic E-state index is 0.771. The maximum absolute atomic E-state index is 5.81. The molecule has 13 heavy (non-hydrogen) atoms. The number of hydrogen-bond donors (Lipinski definition) is 2. The molecule has 4 heteroatoms. The molecule has 0 spiro atoms. The van der Waals surface area contributed by atoms with Crippen molar-refractivity contribution in [1.29, 1.82) is 0 Å². The number of anilines is 1. The predicted molar refractivity (Wildman–Crippen MR) is 60.0 cm³/mol. The van der Waals surface area contributed by atoms with Crippen molar-refractivity contribution in [2.45, 2.75) is 4.90 Å². The molecule has 2 aromatic rings. The topological polar surface area (TPSA) is 35.2 Å². The van der Waals surface area contributed by atoms with Gasteiger partial charge in [0.05, 0.1) is 11.8 Å². The van der Waals surface area contributed by atoms with E-state index in [1.165, 1.54) is 0 Å². The van der Waals surface area contributed by atoms with Gasteiger partial charge in [-0.05, 0) is 12.1 Å². The highest BCUT2D eigenvalue weighted by molar-refractivity contribution is 7.80. The normalized spacial score (nSPS) is 10.6. The van der Waals surface area contributed by atoms with E-state index in [1.54, 1.807) is 18.4 Å². The summed E-state index contributed by atoms with van der Waals surface area (Å²) in [4.78, 5) is 0.942. The first kappa shape index (κ1) is 8.72. The van der Waals surface area contributed by atoms with E-state index in [1.807, 2.05) is 18.2 Å². The first-order valence-corrected chi connectivity index (χ1v) is 5.03. The van der Waals surface area contributed by atoms with E-state index in [0.29, 0.717) is 0 Å². The summed E-state index contributed by atoms with van der Waals surface area (Å²) in [6.45, 7) is 0. The Hall–Kier alpha value is -0.870. The number of benzene rings is 1. The van der Waals surface area contributed by atoms with Gasteiger partial charge in [-0.1, -0.05) is 11.3 Å². The second-order valence-corrected chi connectivity index (χ2v) is 4.18. The van der Waals surface area contributed by atoms with E-state index in [0.717, 1.165) is 25.7 Å². The monoisotopic (exact) mass is 211 g/mol. The molecule has 0 amide bonds. The fraction of sp³-hybridized carbons (Fsp3) is 0.111. The van der Waals surface area contributed by atoms with Gasteiger partial charge in [0.2, 0.25) is 0 Å². The third-order valence-corrected chi connectivity index (χ3v) is 3.53. The predicted octanol–water partition coefficient (Wildman–Crippen LogP) is 2.78. The van der Waals surface area contributed by atoms with Crippen LogP contribution in [0.4, 0.5) is 5.69 Å². The van der Waals surface area contributed by atoms with Gasteiger partial charge in [-0.2, -0.15) is 0 Å². The molecule has 1 heterocycles. The lowest BCUT2D eigenvalue weighted by Crippen LogP contribution is -1.83. The van der Waals surface area contributed by atoms with Crippen molar-refractivity contribution in [3.8, 4) is 5.06 Å². The number of thiol groups is 1. The van der Waals surface area contributed by atoms with Crippen LogP contribution in [0.3, 0.4) is 0 Å². The van der Waals surface area contributed by atoms with E-state index >= 15 is 0 Å². The molecule has 0 aliphatic heterocycles. The molecule has 2 rings (SSSR count). The molecule has 0 unspecified atom stereocenters. The maximum atomic E-state index is 5.81. The lowest BCUT2D eigenvalue weighted by atomic mass is 10.2. The number of hydrogen-bond acceptors (Lipinski definition) is 4. The molecule has 2 N–H and O–H groups in total. The van der Waals surface area contributed by atoms with Gasteiger partial charge in [0, 0.05) is 22.0 Å². The van der Waals surface area contributed by atoms with E-state index in [-0.39, 0.29) is 0 Å². The second kappa shape index (κ2) is 3.12. The Labute approximate surface area is 85.7 Å². The van der Waals surface area contributed by atoms with Crippen molar-refractivity contribution in [3.63, 3.8) is 0 Å². The van der Waals surface area contributed by atoms with Gasteiger partial charge in [-0.25, -0.2) is 0 Å². The van der Waals surface area contributed by atoms with Gasteiger partial charge in [0.1, 0.15) is 0 Å². The SMILES string of the molecule is COc1cc2c(N)ccc(S)c2s1. The third kappa shape index (κ3) is 1.36. The maximum Gasteiger partial charge on any atom is 0.174 e. The fourth-order valence-corrected chi connectivity index (χ4v) is 2.46. The Kier molecular flexibility index (Phi) is 2.09. The zero-order chi connectivity index (χ0) is 9.42. The van der Waals surface area contributed by atoms with Gasteiger partial charge in [0.25, 0.3) is 0 Å². The highest BCUT2D eigenvalue weighted by atomic mass is 32.1. The Bertz CT molecular complexity index is 411. The van der Waals surface area contributed by atoms with Crippen LogP contribution in [0.1, 0.15) is 0 Å². The van der Waals surface area contributed by atoms with Crippen molar-refractivity contribution >= 4 is 39.7 Å². The molecule has 0 aliphatic carbocycles. The summed E-state index contributed by atoms with van der Waals surface area (Å²) in [7, 11) is 1.65. The summed E-state index contributed by atoms with van der Waals surface area (Å²) in [5.74, 6) is 0. The van der Waals surface area contributed by atoms with Crippen LogP contribution in [0.15, 0.2) is 23.1 Å². The zero-order valence-electron chi connectivity index (χ0n) is 7.07. The molecular weight excluding hydrogens is 202 g/mol. The summed E-state index contributed by atoms with van der Waals surface area (Å²) < 4.78 is 6.22. The molecule has 0 atom stereocenters. The number of nitrogen functional groups attached to an aromatic ring is 1. The fourth-order valence-electron chi connectivity index (χ4n) is 1.21. The van der Waals surface area contributed by atoms with Crippen LogP contribution in [-0.4, -0.2) is 7.11 Å². The van der Waals surface area contributed by atoms with Crippen LogP contribution < -0.4 is 10.5 Å². The Morgan fingerprint density at radius 3 is 2.85 bits per heavy atom. The van der Waals surface area contributed by atoms with Crippen LogP contribution in [0.25, 0.3) is 10.1 Å². The molecule has 2 nitrogen and oxygen atoms in total. The molecule has 0 aliphatic rings. The van der Waals surface area contributed by atoms with E-state index in [4.69, 9.17) is 10.5 Å². The van der Waals surface area contributed by atoms with Gasteiger partial charge < -0.3 is 10.5 Å². The lowest BCUT2D eigenvalue weighted by Gasteiger charge is -1.96. The molecule has 1 aromatic heterocycles. The smallest absolute Gasteiger partial charge is 0.174 e. The molecule has 0 fully saturated rings. The average molecular weight is 211 g/mol. The lowest BCUT2D eigenvalue weighted by molar-refractivity contribution is 0.427. The molecule has 0 saturated heterocycles. The number of ether oxygens (including phenoxy) is 1. The van der Waals surface area contributed by atoms with E-state index < -0.39 is 0 Å². The van der Waals surface area contributed by atoms with Gasteiger partial charge in [-0.15, -0.1) is 12.6 Å². The van der Waals surface area contributed by atoms with Crippen LogP contribution in [-0.2, 0) is 0 Å². The highest BCUT2D eigenvalue weighted by Gasteiger charge is 2.06. The van der Waals surface area contributed by atoms with Crippen molar-refractivity contribution < 1.29 is 4.74 Å². The number of rotatable bonds is 1. The Balaban J connectivity index is 2.80. The van der Waals surface area contributed by atoms with Gasteiger partial charge in [0.15, 0.2) is 5.06 Å². The van der Waals surface area contributed by atoms with Crippen molar-refractivity contribution in [1.82, 2.24) is 0 Å². The summed E-state index contributed by atoms with van der Waals surface area (Å²) in [5, 5.41) is 1.89. The summed E-state index contributed by atoms with van der Waals surface area (Å²) in [6.07, 6.45) is 0. The summed E-state index contributed by atoms with van der Waals surface area (Å²) in [5.41, 5.74) is 6.58. The minimum atomic E-state index is 0.771. The molecule has 1 aromatic carbocycles. The van der Waals surface area contributed by atoms with Crippen molar-refractivity contribution in [2.24, 2.45) is 0 Å². The van der Waals surface area contributed by atoms with Crippen molar-refractivity contribution in [3.05, 3.63) is 18.2 Å². The summed E-state index contributed by atoms with van der Waals surface area (Å²) in [6, 6.07) is 5.70. The molecule has 68 valence electrons. The highest BCUT2D eigenvalue weighted by Crippen LogP contribution is 2.38. The number of thiophene rings is 1. The van der Waals surface area contributed by atoms with Crippen LogP contribution in [0, 0.1) is 0 Å². The zero-order valence-corrected chi connectivity index (χ0v) is 8.78. The third-order valence-electron chi connectivity index (χ3n) is 1.88. The molecule has 0 saturated carbocycles. The largest absolute Gasteiger partial charge is 0.487 e. The van der Waals surface area contributed by atoms with E-state index in [2.05, 4.69) is 12.6 Å². The first-order chi connectivity index (χ1) is 6.22. The average Bonchev–Trinajstić information content (AvgIpc) is 2.56. The Morgan fingerprint density at radius 1 is 1.46 bits per heavy atom. The quantitative estimate of drug-likeness (QED) is 0.562. The number of methoxy groups -OCH3 is 1. The van der Waals surface area contributed by atoms with Crippen LogP contribution in [0.2, 0.25) is 0 Å². The second-order valence-electron chi connectivity index (χ2n) is 2.69. The van der Waals surface area contributed by atoms with Gasteiger partial charge in [-0.3, -0.25) is 0 Å².